The molecule has 1 fully saturated rings. The number of hydrogen-bond acceptors (Lipinski definition) is 11. The molecule has 0 spiro atoms. The van der Waals surface area contributed by atoms with Crippen molar-refractivity contribution in [3.8, 4) is 29.0 Å². The molecule has 0 saturated carbocycles. The van der Waals surface area contributed by atoms with Gasteiger partial charge in [0, 0.05) is 27.4 Å². The maximum absolute atomic E-state index is 10.1. The standard InChI is InChI=1S/C29H25ClN6O3S2/c1-29(2)38-14-22(39-29)13-37-21-8-6-17(7-9-21)25-23(11-31)26(33)36-27(24(25)12-32)40-15-20-16-41-28(35-20)34-19-5-3-4-18(30)10-19/h3-10,16,22H,13-15H2,1-2H3,(H2,33,36)(H,34,35)/t22-/m1/s1. The Labute approximate surface area is 250 Å². The normalized spacial score (nSPS) is 15.7. The molecule has 9 nitrogen and oxygen atoms in total. The van der Waals surface area contributed by atoms with E-state index in [0.717, 1.165) is 16.5 Å². The zero-order chi connectivity index (χ0) is 29.0. The summed E-state index contributed by atoms with van der Waals surface area (Å²) in [7, 11) is 0. The van der Waals surface area contributed by atoms with Crippen LogP contribution in [0.4, 0.5) is 16.6 Å². The van der Waals surface area contributed by atoms with E-state index in [2.05, 4.69) is 27.4 Å². The lowest BCUT2D eigenvalue weighted by molar-refractivity contribution is -0.141. The van der Waals surface area contributed by atoms with Gasteiger partial charge in [-0.3, -0.25) is 0 Å². The van der Waals surface area contributed by atoms with E-state index in [1.54, 1.807) is 30.3 Å². The van der Waals surface area contributed by atoms with Crippen molar-refractivity contribution in [2.24, 2.45) is 0 Å². The van der Waals surface area contributed by atoms with Crippen LogP contribution in [0.15, 0.2) is 58.9 Å². The van der Waals surface area contributed by atoms with Crippen LogP contribution in [0.1, 0.15) is 30.7 Å². The predicted octanol–water partition coefficient (Wildman–Crippen LogP) is 6.75. The summed E-state index contributed by atoms with van der Waals surface area (Å²) in [6, 6.07) is 18.9. The van der Waals surface area contributed by atoms with Gasteiger partial charge in [0.05, 0.1) is 17.9 Å². The first-order chi connectivity index (χ1) is 19.7. The number of nitrogens with one attached hydrogen (secondary N) is 1. The van der Waals surface area contributed by atoms with Gasteiger partial charge in [-0.25, -0.2) is 9.97 Å². The Morgan fingerprint density at radius 2 is 1.95 bits per heavy atom. The maximum Gasteiger partial charge on any atom is 0.187 e. The highest BCUT2D eigenvalue weighted by Crippen LogP contribution is 2.37. The van der Waals surface area contributed by atoms with Gasteiger partial charge in [0.2, 0.25) is 0 Å². The average molecular weight is 605 g/mol. The Kier molecular flexibility index (Phi) is 8.64. The van der Waals surface area contributed by atoms with Gasteiger partial charge in [-0.1, -0.05) is 41.6 Å². The van der Waals surface area contributed by atoms with Crippen molar-refractivity contribution in [3.63, 3.8) is 0 Å². The highest BCUT2D eigenvalue weighted by molar-refractivity contribution is 7.98. The van der Waals surface area contributed by atoms with Gasteiger partial charge < -0.3 is 25.3 Å². The van der Waals surface area contributed by atoms with Crippen molar-refractivity contribution in [2.45, 2.75) is 36.5 Å². The van der Waals surface area contributed by atoms with Crippen LogP contribution in [0.2, 0.25) is 5.02 Å². The number of nitriles is 2. The van der Waals surface area contributed by atoms with Crippen molar-refractivity contribution < 1.29 is 14.2 Å². The minimum Gasteiger partial charge on any atom is -0.491 e. The molecule has 1 saturated heterocycles. The van der Waals surface area contributed by atoms with Gasteiger partial charge in [0.15, 0.2) is 10.9 Å². The van der Waals surface area contributed by atoms with E-state index in [0.29, 0.717) is 45.9 Å². The third-order valence-electron chi connectivity index (χ3n) is 6.05. The molecule has 2 aromatic carbocycles. The van der Waals surface area contributed by atoms with Crippen LogP contribution in [0.3, 0.4) is 0 Å². The van der Waals surface area contributed by atoms with E-state index < -0.39 is 5.79 Å². The number of thioether (sulfide) groups is 1. The van der Waals surface area contributed by atoms with Gasteiger partial charge in [0.25, 0.3) is 0 Å². The van der Waals surface area contributed by atoms with E-state index >= 15 is 0 Å². The number of hydrogen-bond donors (Lipinski definition) is 2. The molecule has 0 radical (unpaired) electrons. The van der Waals surface area contributed by atoms with Gasteiger partial charge in [-0.15, -0.1) is 11.3 Å². The molecule has 5 rings (SSSR count). The van der Waals surface area contributed by atoms with Crippen LogP contribution in [-0.2, 0) is 15.2 Å². The predicted molar refractivity (Wildman–Crippen MR) is 160 cm³/mol. The first-order valence-corrected chi connectivity index (χ1v) is 14.8. The number of nitrogens with two attached hydrogens (primary N) is 1. The Morgan fingerprint density at radius 3 is 2.63 bits per heavy atom. The second-order valence-corrected chi connectivity index (χ2v) is 11.8. The summed E-state index contributed by atoms with van der Waals surface area (Å²) in [5, 5.41) is 26.9. The number of rotatable bonds is 9. The number of thiazole rings is 1. The smallest absolute Gasteiger partial charge is 0.187 e. The lowest BCUT2D eigenvalue weighted by Crippen LogP contribution is -2.25. The van der Waals surface area contributed by atoms with E-state index in [4.69, 9.17) is 31.5 Å². The van der Waals surface area contributed by atoms with Gasteiger partial charge >= 0.3 is 0 Å². The van der Waals surface area contributed by atoms with Crippen LogP contribution >= 0.6 is 34.7 Å². The number of halogens is 1. The molecular weight excluding hydrogens is 580 g/mol. The van der Waals surface area contributed by atoms with Crippen molar-refractivity contribution in [2.75, 3.05) is 24.3 Å². The van der Waals surface area contributed by atoms with Crippen LogP contribution in [0.5, 0.6) is 5.75 Å². The van der Waals surface area contributed by atoms with Gasteiger partial charge in [-0.2, -0.15) is 10.5 Å². The Bertz CT molecular complexity index is 1650. The average Bonchev–Trinajstić information content (AvgIpc) is 3.55. The molecule has 2 aromatic heterocycles. The topological polar surface area (TPSA) is 139 Å². The number of benzene rings is 2. The van der Waals surface area contributed by atoms with Crippen molar-refractivity contribution in [1.82, 2.24) is 9.97 Å². The molecule has 3 N–H and O–H groups in total. The monoisotopic (exact) mass is 604 g/mol. The summed E-state index contributed by atoms with van der Waals surface area (Å²) < 4.78 is 17.2. The summed E-state index contributed by atoms with van der Waals surface area (Å²) in [4.78, 5) is 9.02. The van der Waals surface area contributed by atoms with Crippen LogP contribution < -0.4 is 15.8 Å². The van der Waals surface area contributed by atoms with E-state index in [-0.39, 0.29) is 23.0 Å². The third kappa shape index (κ3) is 6.91. The second kappa shape index (κ2) is 12.4. The van der Waals surface area contributed by atoms with E-state index in [1.807, 2.05) is 37.4 Å². The second-order valence-electron chi connectivity index (χ2n) is 9.50. The summed E-state index contributed by atoms with van der Waals surface area (Å²) in [6.07, 6.45) is -0.166. The summed E-state index contributed by atoms with van der Waals surface area (Å²) in [5.74, 6) is 0.524. The fourth-order valence-electron chi connectivity index (χ4n) is 4.21. The van der Waals surface area contributed by atoms with Crippen LogP contribution in [0, 0.1) is 22.7 Å². The Balaban J connectivity index is 1.32. The molecule has 1 aliphatic rings. The van der Waals surface area contributed by atoms with Crippen LogP contribution in [-0.4, -0.2) is 35.1 Å². The number of anilines is 3. The maximum atomic E-state index is 10.1. The number of nitrogen functional groups attached to an aromatic ring is 1. The van der Waals surface area contributed by atoms with Gasteiger partial charge in [0.1, 0.15) is 47.0 Å². The molecular formula is C29H25ClN6O3S2. The summed E-state index contributed by atoms with van der Waals surface area (Å²) in [5.41, 5.74) is 9.36. The van der Waals surface area contributed by atoms with Crippen molar-refractivity contribution in [3.05, 3.63) is 75.8 Å². The SMILES string of the molecule is CC1(C)OC[C@@H](COc2ccc(-c3c(C#N)c(N)nc(SCc4csc(Nc5cccc(Cl)c5)n4)c3C#N)cc2)O1. The molecule has 208 valence electrons. The molecule has 0 aliphatic carbocycles. The number of pyridine rings is 1. The fraction of sp³-hybridized carbons (Fsp3) is 0.241. The minimum atomic E-state index is -0.619. The molecule has 1 aliphatic heterocycles. The lowest BCUT2D eigenvalue weighted by Gasteiger charge is -2.17. The van der Waals surface area contributed by atoms with Crippen molar-refractivity contribution in [1.29, 1.82) is 10.5 Å². The van der Waals surface area contributed by atoms with E-state index in [9.17, 15) is 10.5 Å². The highest BCUT2D eigenvalue weighted by Gasteiger charge is 2.33. The molecule has 4 aromatic rings. The summed E-state index contributed by atoms with van der Waals surface area (Å²) in [6.45, 7) is 4.52. The Morgan fingerprint density at radius 1 is 1.17 bits per heavy atom. The number of ether oxygens (including phenoxy) is 3. The number of nitrogens with zero attached hydrogens (tertiary/aromatic N) is 4. The zero-order valence-corrected chi connectivity index (χ0v) is 24.6. The summed E-state index contributed by atoms with van der Waals surface area (Å²) >= 11 is 8.86. The van der Waals surface area contributed by atoms with E-state index in [1.165, 1.54) is 23.1 Å². The largest absolute Gasteiger partial charge is 0.491 e. The first-order valence-electron chi connectivity index (χ1n) is 12.5. The molecule has 41 heavy (non-hydrogen) atoms. The third-order valence-corrected chi connectivity index (χ3v) is 8.10. The molecule has 0 amide bonds. The quantitative estimate of drug-likeness (QED) is 0.197. The Hall–Kier alpha value is -3.84. The molecule has 0 unspecified atom stereocenters. The van der Waals surface area contributed by atoms with Crippen LogP contribution in [0.25, 0.3) is 11.1 Å². The molecule has 1 atom stereocenters. The first kappa shape index (κ1) is 28.7. The number of aromatic nitrogens is 2. The fourth-order valence-corrected chi connectivity index (χ4v) is 6.12. The van der Waals surface area contributed by atoms with Gasteiger partial charge in [-0.05, 0) is 49.7 Å². The van der Waals surface area contributed by atoms with Crippen molar-refractivity contribution >= 4 is 51.3 Å². The molecule has 12 heteroatoms. The molecule has 0 bridgehead atoms. The molecule has 3 heterocycles. The zero-order valence-electron chi connectivity index (χ0n) is 22.2. The minimum absolute atomic E-state index is 0.0620. The lowest BCUT2D eigenvalue weighted by atomic mass is 9.97. The highest BCUT2D eigenvalue weighted by atomic mass is 35.5.